The van der Waals surface area contributed by atoms with E-state index in [4.69, 9.17) is 5.73 Å². The van der Waals surface area contributed by atoms with Gasteiger partial charge in [0.15, 0.2) is 0 Å². The molecule has 18 heavy (non-hydrogen) atoms. The number of nitrogens with two attached hydrogens (primary N) is 1. The Kier molecular flexibility index (Phi) is 5.20. The van der Waals surface area contributed by atoms with Crippen LogP contribution in [0, 0.1) is 17.8 Å². The van der Waals surface area contributed by atoms with Gasteiger partial charge >= 0.3 is 0 Å². The Morgan fingerprint density at radius 3 is 2.33 bits per heavy atom. The number of nitrogens with one attached hydrogen (secondary N) is 1. The molecule has 0 aromatic heterocycles. The van der Waals surface area contributed by atoms with E-state index in [1.807, 2.05) is 0 Å². The molecular weight excluding hydrogens is 224 g/mol. The summed E-state index contributed by atoms with van der Waals surface area (Å²) in [4.78, 5) is 12.0. The van der Waals surface area contributed by atoms with Crippen molar-refractivity contribution < 1.29 is 4.79 Å². The first kappa shape index (κ1) is 14.6. The lowest BCUT2D eigenvalue weighted by molar-refractivity contribution is 0.0937. The molecule has 1 rings (SSSR count). The number of carbonyl (C=O) groups excluding carboxylic acids is 1. The third kappa shape index (κ3) is 4.06. The fraction of sp³-hybridized carbons (Fsp3) is 0.533. The normalized spacial score (nSPS) is 11.3. The molecule has 100 valence electrons. The predicted molar refractivity (Wildman–Crippen MR) is 76.4 cm³/mol. The smallest absolute Gasteiger partial charge is 0.251 e. The van der Waals surface area contributed by atoms with Gasteiger partial charge in [0, 0.05) is 17.8 Å². The minimum absolute atomic E-state index is 0.0476. The Balaban J connectivity index is 2.60. The lowest BCUT2D eigenvalue weighted by Crippen LogP contribution is -2.33. The third-order valence-electron chi connectivity index (χ3n) is 3.36. The fourth-order valence-corrected chi connectivity index (χ4v) is 2.23. The van der Waals surface area contributed by atoms with Crippen LogP contribution in [0.25, 0.3) is 0 Å². The van der Waals surface area contributed by atoms with Gasteiger partial charge in [-0.3, -0.25) is 4.79 Å². The quantitative estimate of drug-likeness (QED) is 0.787. The average molecular weight is 248 g/mol. The summed E-state index contributed by atoms with van der Waals surface area (Å²) in [5.41, 5.74) is 6.91. The molecule has 1 aromatic carbocycles. The summed E-state index contributed by atoms with van der Waals surface area (Å²) < 4.78 is 0. The number of benzene rings is 1. The van der Waals surface area contributed by atoms with Gasteiger partial charge in [-0.05, 0) is 36.0 Å². The molecule has 0 aliphatic carbocycles. The summed E-state index contributed by atoms with van der Waals surface area (Å²) in [5.74, 6) is 1.57. The van der Waals surface area contributed by atoms with E-state index in [1.165, 1.54) is 0 Å². The molecule has 3 N–H and O–H groups in total. The molecule has 0 atom stereocenters. The third-order valence-corrected chi connectivity index (χ3v) is 3.36. The molecule has 0 heterocycles. The highest BCUT2D eigenvalue weighted by atomic mass is 16.1. The maximum atomic E-state index is 12.0. The predicted octanol–water partition coefficient (Wildman–Crippen LogP) is 2.93. The van der Waals surface area contributed by atoms with Crippen LogP contribution < -0.4 is 11.1 Å². The van der Waals surface area contributed by atoms with Crippen molar-refractivity contribution in [2.45, 2.75) is 27.7 Å². The highest BCUT2D eigenvalue weighted by Crippen LogP contribution is 2.19. The first-order valence-corrected chi connectivity index (χ1v) is 6.55. The van der Waals surface area contributed by atoms with E-state index >= 15 is 0 Å². The van der Waals surface area contributed by atoms with Crippen LogP contribution in [-0.4, -0.2) is 12.5 Å². The van der Waals surface area contributed by atoms with Crippen LogP contribution in [-0.2, 0) is 0 Å². The summed E-state index contributed by atoms with van der Waals surface area (Å²) in [6.07, 6.45) is 0. The van der Waals surface area contributed by atoms with E-state index in [9.17, 15) is 4.79 Å². The Hall–Kier alpha value is -1.51. The zero-order valence-corrected chi connectivity index (χ0v) is 11.7. The van der Waals surface area contributed by atoms with E-state index < -0.39 is 0 Å². The molecule has 0 unspecified atom stereocenters. The van der Waals surface area contributed by atoms with Gasteiger partial charge in [-0.2, -0.15) is 0 Å². The van der Waals surface area contributed by atoms with Crippen molar-refractivity contribution in [1.82, 2.24) is 5.32 Å². The number of rotatable bonds is 5. The SMILES string of the molecule is CC(C)C(CNC(=O)c1cccc(N)c1)C(C)C. The summed E-state index contributed by atoms with van der Waals surface area (Å²) in [5, 5.41) is 2.99. The van der Waals surface area contributed by atoms with E-state index in [2.05, 4.69) is 33.0 Å². The van der Waals surface area contributed by atoms with Gasteiger partial charge in [-0.25, -0.2) is 0 Å². The maximum Gasteiger partial charge on any atom is 0.251 e. The van der Waals surface area contributed by atoms with Crippen LogP contribution >= 0.6 is 0 Å². The zero-order chi connectivity index (χ0) is 13.7. The van der Waals surface area contributed by atoms with Gasteiger partial charge in [0.25, 0.3) is 5.91 Å². The van der Waals surface area contributed by atoms with E-state index in [0.717, 1.165) is 0 Å². The van der Waals surface area contributed by atoms with E-state index in [1.54, 1.807) is 24.3 Å². The number of amides is 1. The Morgan fingerprint density at radius 1 is 1.22 bits per heavy atom. The van der Waals surface area contributed by atoms with Gasteiger partial charge in [0.1, 0.15) is 0 Å². The minimum Gasteiger partial charge on any atom is -0.399 e. The van der Waals surface area contributed by atoms with Crippen LogP contribution in [0.5, 0.6) is 0 Å². The molecule has 0 saturated carbocycles. The summed E-state index contributed by atoms with van der Waals surface area (Å²) in [6.45, 7) is 9.48. The second kappa shape index (κ2) is 6.43. The van der Waals surface area contributed by atoms with Gasteiger partial charge < -0.3 is 11.1 Å². The van der Waals surface area contributed by atoms with Crippen molar-refractivity contribution in [1.29, 1.82) is 0 Å². The fourth-order valence-electron chi connectivity index (χ4n) is 2.23. The minimum atomic E-state index is -0.0476. The zero-order valence-electron chi connectivity index (χ0n) is 11.7. The maximum absolute atomic E-state index is 12.0. The molecule has 3 nitrogen and oxygen atoms in total. The molecule has 0 aliphatic rings. The van der Waals surface area contributed by atoms with Crippen LogP contribution in [0.1, 0.15) is 38.1 Å². The van der Waals surface area contributed by atoms with Crippen molar-refractivity contribution in [2.24, 2.45) is 17.8 Å². The van der Waals surface area contributed by atoms with Gasteiger partial charge in [0.05, 0.1) is 0 Å². The van der Waals surface area contributed by atoms with Gasteiger partial charge in [-0.15, -0.1) is 0 Å². The Bertz CT molecular complexity index is 391. The second-order valence-electron chi connectivity index (χ2n) is 5.49. The van der Waals surface area contributed by atoms with Crippen LogP contribution in [0.3, 0.4) is 0 Å². The lowest BCUT2D eigenvalue weighted by atomic mass is 9.85. The van der Waals surface area contributed by atoms with Crippen LogP contribution in [0.2, 0.25) is 0 Å². The average Bonchev–Trinajstić information content (AvgIpc) is 2.28. The second-order valence-corrected chi connectivity index (χ2v) is 5.49. The van der Waals surface area contributed by atoms with Crippen molar-refractivity contribution >= 4 is 11.6 Å². The lowest BCUT2D eigenvalue weighted by Gasteiger charge is -2.25. The van der Waals surface area contributed by atoms with Crippen LogP contribution in [0.15, 0.2) is 24.3 Å². The first-order chi connectivity index (χ1) is 8.41. The molecule has 0 spiro atoms. The number of hydrogen-bond acceptors (Lipinski definition) is 2. The summed E-state index contributed by atoms with van der Waals surface area (Å²) in [7, 11) is 0. The number of nitrogen functional groups attached to an aromatic ring is 1. The Labute approximate surface area is 110 Å². The highest BCUT2D eigenvalue weighted by molar-refractivity contribution is 5.94. The van der Waals surface area contributed by atoms with Crippen molar-refractivity contribution in [3.8, 4) is 0 Å². The number of hydrogen-bond donors (Lipinski definition) is 2. The van der Waals surface area contributed by atoms with Crippen molar-refractivity contribution in [3.05, 3.63) is 29.8 Å². The topological polar surface area (TPSA) is 55.1 Å². The van der Waals surface area contributed by atoms with Crippen LogP contribution in [0.4, 0.5) is 5.69 Å². The standard InChI is InChI=1S/C15H24N2O/c1-10(2)14(11(3)4)9-17-15(18)12-6-5-7-13(16)8-12/h5-8,10-11,14H,9,16H2,1-4H3,(H,17,18). The van der Waals surface area contributed by atoms with E-state index in [-0.39, 0.29) is 5.91 Å². The molecule has 0 fully saturated rings. The number of carbonyl (C=O) groups is 1. The first-order valence-electron chi connectivity index (χ1n) is 6.55. The molecule has 1 aromatic rings. The number of anilines is 1. The molecular formula is C15H24N2O. The summed E-state index contributed by atoms with van der Waals surface area (Å²) in [6, 6.07) is 7.06. The molecule has 0 bridgehead atoms. The molecule has 3 heteroatoms. The molecule has 0 radical (unpaired) electrons. The van der Waals surface area contributed by atoms with Crippen molar-refractivity contribution in [2.75, 3.05) is 12.3 Å². The summed E-state index contributed by atoms with van der Waals surface area (Å²) >= 11 is 0. The monoisotopic (exact) mass is 248 g/mol. The van der Waals surface area contributed by atoms with Gasteiger partial charge in [-0.1, -0.05) is 33.8 Å². The van der Waals surface area contributed by atoms with Crippen molar-refractivity contribution in [3.63, 3.8) is 0 Å². The highest BCUT2D eigenvalue weighted by Gasteiger charge is 2.18. The molecule has 1 amide bonds. The molecule has 0 aliphatic heterocycles. The molecule has 0 saturated heterocycles. The largest absolute Gasteiger partial charge is 0.399 e. The Morgan fingerprint density at radius 2 is 1.83 bits per heavy atom. The van der Waals surface area contributed by atoms with E-state index in [0.29, 0.717) is 35.5 Å². The van der Waals surface area contributed by atoms with Gasteiger partial charge in [0.2, 0.25) is 0 Å².